The van der Waals surface area contributed by atoms with E-state index in [1.165, 1.54) is 5.56 Å². The molecule has 0 saturated carbocycles. The summed E-state index contributed by atoms with van der Waals surface area (Å²) in [7, 11) is 1.65. The largest absolute Gasteiger partial charge is 0.497 e. The highest BCUT2D eigenvalue weighted by atomic mass is 35.5. The summed E-state index contributed by atoms with van der Waals surface area (Å²) in [5.41, 5.74) is 2.90. The number of ether oxygens (including phenoxy) is 1. The van der Waals surface area contributed by atoms with Crippen LogP contribution in [-0.2, 0) is 11.2 Å². The Labute approximate surface area is 141 Å². The fourth-order valence-electron chi connectivity index (χ4n) is 2.22. The number of benzene rings is 2. The van der Waals surface area contributed by atoms with Gasteiger partial charge >= 0.3 is 0 Å². The summed E-state index contributed by atoms with van der Waals surface area (Å²) in [6, 6.07) is 13.3. The van der Waals surface area contributed by atoms with Gasteiger partial charge in [0.15, 0.2) is 0 Å². The Morgan fingerprint density at radius 2 is 2.04 bits per heavy atom. The molecule has 122 valence electrons. The van der Waals surface area contributed by atoms with Crippen LogP contribution in [0.4, 0.5) is 5.69 Å². The van der Waals surface area contributed by atoms with Crippen LogP contribution >= 0.6 is 11.6 Å². The third-order valence-corrected chi connectivity index (χ3v) is 3.71. The average Bonchev–Trinajstić information content (AvgIpc) is 2.54. The number of aryl methyl sites for hydroxylation is 1. The molecule has 2 aromatic rings. The second-order valence-electron chi connectivity index (χ2n) is 5.29. The second-order valence-corrected chi connectivity index (χ2v) is 5.72. The Balaban J connectivity index is 1.74. The molecule has 23 heavy (non-hydrogen) atoms. The minimum absolute atomic E-state index is 0.0685. The van der Waals surface area contributed by atoms with Gasteiger partial charge in [-0.05, 0) is 61.3 Å². The summed E-state index contributed by atoms with van der Waals surface area (Å²) in [5, 5.41) is 6.68. The summed E-state index contributed by atoms with van der Waals surface area (Å²) in [6.45, 7) is 2.91. The number of nitrogens with one attached hydrogen (secondary N) is 2. The maximum atomic E-state index is 11.9. The third kappa shape index (κ3) is 5.58. The maximum Gasteiger partial charge on any atom is 0.238 e. The summed E-state index contributed by atoms with van der Waals surface area (Å²) in [4.78, 5) is 11.9. The number of carbonyl (C=O) groups is 1. The highest BCUT2D eigenvalue weighted by Gasteiger charge is 2.05. The van der Waals surface area contributed by atoms with E-state index >= 15 is 0 Å². The smallest absolute Gasteiger partial charge is 0.238 e. The van der Waals surface area contributed by atoms with Crippen LogP contribution in [0.1, 0.15) is 11.1 Å². The molecule has 0 bridgehead atoms. The third-order valence-electron chi connectivity index (χ3n) is 3.47. The van der Waals surface area contributed by atoms with Crippen LogP contribution in [0, 0.1) is 6.92 Å². The van der Waals surface area contributed by atoms with Gasteiger partial charge in [0.25, 0.3) is 0 Å². The molecular weight excluding hydrogens is 312 g/mol. The van der Waals surface area contributed by atoms with Crippen molar-refractivity contribution in [1.82, 2.24) is 5.32 Å². The Morgan fingerprint density at radius 1 is 1.22 bits per heavy atom. The van der Waals surface area contributed by atoms with E-state index in [1.807, 2.05) is 43.3 Å². The van der Waals surface area contributed by atoms with Crippen molar-refractivity contribution < 1.29 is 9.53 Å². The lowest BCUT2D eigenvalue weighted by Gasteiger charge is -2.10. The lowest BCUT2D eigenvalue weighted by atomic mass is 10.1. The zero-order chi connectivity index (χ0) is 16.7. The average molecular weight is 333 g/mol. The molecule has 0 aliphatic carbocycles. The SMILES string of the molecule is COc1cccc(CCNCC(=O)Nc2ccc(Cl)cc2C)c1. The molecule has 2 aromatic carbocycles. The van der Waals surface area contributed by atoms with E-state index in [-0.39, 0.29) is 12.5 Å². The van der Waals surface area contributed by atoms with Gasteiger partial charge in [-0.15, -0.1) is 0 Å². The summed E-state index contributed by atoms with van der Waals surface area (Å²) >= 11 is 5.90. The quantitative estimate of drug-likeness (QED) is 0.764. The van der Waals surface area contributed by atoms with E-state index in [0.29, 0.717) is 5.02 Å². The van der Waals surface area contributed by atoms with Gasteiger partial charge < -0.3 is 15.4 Å². The van der Waals surface area contributed by atoms with E-state index in [4.69, 9.17) is 16.3 Å². The normalized spacial score (nSPS) is 10.4. The topological polar surface area (TPSA) is 50.4 Å². The Kier molecular flexibility index (Phi) is 6.44. The fraction of sp³-hybridized carbons (Fsp3) is 0.278. The van der Waals surface area contributed by atoms with Crippen LogP contribution in [0.5, 0.6) is 5.75 Å². The number of anilines is 1. The van der Waals surface area contributed by atoms with Gasteiger partial charge in [-0.25, -0.2) is 0 Å². The highest BCUT2D eigenvalue weighted by molar-refractivity contribution is 6.30. The van der Waals surface area contributed by atoms with Crippen molar-refractivity contribution in [2.24, 2.45) is 0 Å². The predicted molar refractivity (Wildman–Crippen MR) is 94.4 cm³/mol. The van der Waals surface area contributed by atoms with Crippen molar-refractivity contribution in [2.45, 2.75) is 13.3 Å². The van der Waals surface area contributed by atoms with Crippen molar-refractivity contribution in [1.29, 1.82) is 0 Å². The van der Waals surface area contributed by atoms with Gasteiger partial charge in [0, 0.05) is 10.7 Å². The number of amides is 1. The van der Waals surface area contributed by atoms with Crippen LogP contribution in [0.3, 0.4) is 0 Å². The zero-order valence-electron chi connectivity index (χ0n) is 13.4. The molecule has 0 atom stereocenters. The van der Waals surface area contributed by atoms with Gasteiger partial charge in [-0.3, -0.25) is 4.79 Å². The van der Waals surface area contributed by atoms with Crippen LogP contribution < -0.4 is 15.4 Å². The Hall–Kier alpha value is -2.04. The van der Waals surface area contributed by atoms with Crippen molar-refractivity contribution in [3.05, 3.63) is 58.6 Å². The molecule has 5 heteroatoms. The van der Waals surface area contributed by atoms with Gasteiger partial charge in [0.05, 0.1) is 13.7 Å². The monoisotopic (exact) mass is 332 g/mol. The Morgan fingerprint density at radius 3 is 2.78 bits per heavy atom. The first-order valence-electron chi connectivity index (χ1n) is 7.48. The molecule has 0 aliphatic heterocycles. The summed E-state index contributed by atoms with van der Waals surface area (Å²) in [5.74, 6) is 0.777. The molecular formula is C18H21ClN2O2. The van der Waals surface area contributed by atoms with Gasteiger partial charge in [0.1, 0.15) is 5.75 Å². The Bertz CT molecular complexity index is 674. The molecule has 0 spiro atoms. The molecule has 0 heterocycles. The van der Waals surface area contributed by atoms with Gasteiger partial charge in [-0.2, -0.15) is 0 Å². The fourth-order valence-corrected chi connectivity index (χ4v) is 2.45. The number of methoxy groups -OCH3 is 1. The molecule has 2 rings (SSSR count). The lowest BCUT2D eigenvalue weighted by molar-refractivity contribution is -0.115. The van der Waals surface area contributed by atoms with Gasteiger partial charge in [-0.1, -0.05) is 23.7 Å². The van der Waals surface area contributed by atoms with E-state index < -0.39 is 0 Å². The zero-order valence-corrected chi connectivity index (χ0v) is 14.1. The van der Waals surface area contributed by atoms with E-state index in [1.54, 1.807) is 13.2 Å². The number of rotatable bonds is 7. The molecule has 0 unspecified atom stereocenters. The van der Waals surface area contributed by atoms with Crippen molar-refractivity contribution in [2.75, 3.05) is 25.5 Å². The minimum Gasteiger partial charge on any atom is -0.497 e. The standard InChI is InChI=1S/C18H21ClN2O2/c1-13-10-15(19)6-7-17(13)21-18(22)12-20-9-8-14-4-3-5-16(11-14)23-2/h3-7,10-11,20H,8-9,12H2,1-2H3,(H,21,22). The first kappa shape index (κ1) is 17.3. The number of hydrogen-bond acceptors (Lipinski definition) is 3. The van der Waals surface area contributed by atoms with Crippen LogP contribution in [0.15, 0.2) is 42.5 Å². The first-order valence-corrected chi connectivity index (χ1v) is 7.86. The molecule has 0 saturated heterocycles. The number of hydrogen-bond donors (Lipinski definition) is 2. The second kappa shape index (κ2) is 8.56. The number of halogens is 1. The molecule has 0 aromatic heterocycles. The molecule has 0 radical (unpaired) electrons. The molecule has 2 N–H and O–H groups in total. The lowest BCUT2D eigenvalue weighted by Crippen LogP contribution is -2.29. The molecule has 4 nitrogen and oxygen atoms in total. The summed E-state index contributed by atoms with van der Waals surface area (Å²) < 4.78 is 5.19. The van der Waals surface area contributed by atoms with Crippen molar-refractivity contribution >= 4 is 23.2 Å². The molecule has 0 aliphatic rings. The van der Waals surface area contributed by atoms with Crippen molar-refractivity contribution in [3.63, 3.8) is 0 Å². The molecule has 1 amide bonds. The first-order chi connectivity index (χ1) is 11.1. The maximum absolute atomic E-state index is 11.9. The predicted octanol–water partition coefficient (Wildman–Crippen LogP) is 3.43. The molecule has 0 fully saturated rings. The van der Waals surface area contributed by atoms with E-state index in [2.05, 4.69) is 10.6 Å². The number of carbonyl (C=O) groups excluding carboxylic acids is 1. The van der Waals surface area contributed by atoms with Gasteiger partial charge in [0.2, 0.25) is 5.91 Å². The summed E-state index contributed by atoms with van der Waals surface area (Å²) in [6.07, 6.45) is 0.838. The van der Waals surface area contributed by atoms with E-state index in [9.17, 15) is 4.79 Å². The van der Waals surface area contributed by atoms with Crippen molar-refractivity contribution in [3.8, 4) is 5.75 Å². The van der Waals surface area contributed by atoms with E-state index in [0.717, 1.165) is 30.0 Å². The van der Waals surface area contributed by atoms with Crippen LogP contribution in [0.2, 0.25) is 5.02 Å². The van der Waals surface area contributed by atoms with Crippen LogP contribution in [-0.4, -0.2) is 26.1 Å². The minimum atomic E-state index is -0.0685. The highest BCUT2D eigenvalue weighted by Crippen LogP contribution is 2.19. The van der Waals surface area contributed by atoms with Crippen LogP contribution in [0.25, 0.3) is 0 Å².